The molecule has 2 heterocycles. The lowest BCUT2D eigenvalue weighted by Gasteiger charge is -2.39. The number of hydrogen-bond donors (Lipinski definition) is 1. The van der Waals surface area contributed by atoms with Crippen LogP contribution >= 0.6 is 0 Å². The van der Waals surface area contributed by atoms with Gasteiger partial charge in [-0.25, -0.2) is 0 Å². The van der Waals surface area contributed by atoms with Gasteiger partial charge in [0.15, 0.2) is 0 Å². The first-order valence-electron chi connectivity index (χ1n) is 7.38. The second-order valence-electron chi connectivity index (χ2n) is 5.72. The van der Waals surface area contributed by atoms with Crippen LogP contribution in [0.2, 0.25) is 0 Å². The van der Waals surface area contributed by atoms with Crippen molar-refractivity contribution in [2.45, 2.75) is 39.4 Å². The van der Waals surface area contributed by atoms with Crippen molar-refractivity contribution in [3.63, 3.8) is 0 Å². The second kappa shape index (κ2) is 7.08. The Morgan fingerprint density at radius 1 is 1.16 bits per heavy atom. The number of piperazine rings is 1. The highest BCUT2D eigenvalue weighted by Gasteiger charge is 2.21. The summed E-state index contributed by atoms with van der Waals surface area (Å²) in [5.74, 6) is 1.01. The van der Waals surface area contributed by atoms with E-state index >= 15 is 0 Å². The molecular weight excluding hydrogens is 238 g/mol. The van der Waals surface area contributed by atoms with Crippen LogP contribution in [0.1, 0.15) is 26.5 Å². The van der Waals surface area contributed by atoms with Crippen molar-refractivity contribution in [3.05, 3.63) is 24.2 Å². The fourth-order valence-corrected chi connectivity index (χ4v) is 2.64. The molecule has 0 aromatic carbocycles. The summed E-state index contributed by atoms with van der Waals surface area (Å²) in [5.41, 5.74) is 0. The molecule has 1 aliphatic rings. The van der Waals surface area contributed by atoms with Crippen LogP contribution in [-0.4, -0.2) is 54.6 Å². The van der Waals surface area contributed by atoms with Crippen molar-refractivity contribution < 1.29 is 4.42 Å². The first-order valence-corrected chi connectivity index (χ1v) is 7.38. The van der Waals surface area contributed by atoms with Gasteiger partial charge in [0, 0.05) is 44.8 Å². The minimum absolute atomic E-state index is 0.587. The normalized spacial score (nSPS) is 20.0. The molecule has 19 heavy (non-hydrogen) atoms. The minimum atomic E-state index is 0.587. The number of nitrogens with one attached hydrogen (secondary N) is 1. The molecule has 2 rings (SSSR count). The first kappa shape index (κ1) is 14.6. The van der Waals surface area contributed by atoms with Gasteiger partial charge in [0.05, 0.1) is 12.8 Å². The lowest BCUT2D eigenvalue weighted by Crippen LogP contribution is -2.53. The largest absolute Gasteiger partial charge is 0.468 e. The number of nitrogens with zero attached hydrogens (tertiary/aromatic N) is 2. The van der Waals surface area contributed by atoms with Crippen molar-refractivity contribution in [2.75, 3.05) is 32.7 Å². The van der Waals surface area contributed by atoms with Crippen molar-refractivity contribution in [3.8, 4) is 0 Å². The summed E-state index contributed by atoms with van der Waals surface area (Å²) in [7, 11) is 0. The van der Waals surface area contributed by atoms with E-state index in [1.807, 2.05) is 12.1 Å². The number of rotatable bonds is 6. The molecule has 1 saturated heterocycles. The molecule has 1 N–H and O–H groups in total. The molecule has 1 aliphatic heterocycles. The standard InChI is InChI=1S/C15H27N3O/c1-13(2)17-6-8-18(9-7-17)14(3)11-16-12-15-5-4-10-19-15/h4-5,10,13-14,16H,6-9,11-12H2,1-3H3. The fraction of sp³-hybridized carbons (Fsp3) is 0.733. The molecule has 1 aromatic heterocycles. The van der Waals surface area contributed by atoms with E-state index in [-0.39, 0.29) is 0 Å². The summed E-state index contributed by atoms with van der Waals surface area (Å²) in [4.78, 5) is 5.13. The van der Waals surface area contributed by atoms with Crippen molar-refractivity contribution in [1.29, 1.82) is 0 Å². The molecule has 0 saturated carbocycles. The van der Waals surface area contributed by atoms with Gasteiger partial charge >= 0.3 is 0 Å². The molecule has 1 fully saturated rings. The Bertz CT molecular complexity index is 342. The number of hydrogen-bond acceptors (Lipinski definition) is 4. The first-order chi connectivity index (χ1) is 9.16. The highest BCUT2D eigenvalue weighted by atomic mass is 16.3. The lowest BCUT2D eigenvalue weighted by molar-refractivity contribution is 0.0829. The summed E-state index contributed by atoms with van der Waals surface area (Å²) < 4.78 is 5.32. The summed E-state index contributed by atoms with van der Waals surface area (Å²) in [6.07, 6.45) is 1.73. The number of furan rings is 1. The van der Waals surface area contributed by atoms with E-state index in [9.17, 15) is 0 Å². The maximum atomic E-state index is 5.32. The Kier molecular flexibility index (Phi) is 5.43. The summed E-state index contributed by atoms with van der Waals surface area (Å²) in [6, 6.07) is 5.21. The van der Waals surface area contributed by atoms with E-state index in [0.717, 1.165) is 18.8 Å². The van der Waals surface area contributed by atoms with Crippen LogP contribution < -0.4 is 5.32 Å². The quantitative estimate of drug-likeness (QED) is 0.850. The second-order valence-corrected chi connectivity index (χ2v) is 5.72. The molecule has 0 radical (unpaired) electrons. The highest BCUT2D eigenvalue weighted by molar-refractivity contribution is 4.97. The van der Waals surface area contributed by atoms with Gasteiger partial charge in [-0.3, -0.25) is 9.80 Å². The van der Waals surface area contributed by atoms with Gasteiger partial charge in [-0.2, -0.15) is 0 Å². The lowest BCUT2D eigenvalue weighted by atomic mass is 10.2. The zero-order valence-electron chi connectivity index (χ0n) is 12.4. The Hall–Kier alpha value is -0.840. The smallest absolute Gasteiger partial charge is 0.117 e. The van der Waals surface area contributed by atoms with Gasteiger partial charge in [0.1, 0.15) is 5.76 Å². The maximum absolute atomic E-state index is 5.32. The van der Waals surface area contributed by atoms with Gasteiger partial charge in [-0.05, 0) is 32.9 Å². The van der Waals surface area contributed by atoms with Gasteiger partial charge in [0.2, 0.25) is 0 Å². The third-order valence-corrected chi connectivity index (χ3v) is 4.02. The Morgan fingerprint density at radius 3 is 2.42 bits per heavy atom. The molecule has 4 heteroatoms. The molecule has 0 bridgehead atoms. The third-order valence-electron chi connectivity index (χ3n) is 4.02. The summed E-state index contributed by atoms with van der Waals surface area (Å²) in [5, 5.41) is 3.47. The Labute approximate surface area is 116 Å². The molecule has 0 aliphatic carbocycles. The Balaban J connectivity index is 1.65. The van der Waals surface area contributed by atoms with E-state index in [4.69, 9.17) is 4.42 Å². The van der Waals surface area contributed by atoms with Crippen LogP contribution in [-0.2, 0) is 6.54 Å². The molecular formula is C15H27N3O. The van der Waals surface area contributed by atoms with E-state index in [2.05, 4.69) is 35.9 Å². The average molecular weight is 265 g/mol. The topological polar surface area (TPSA) is 31.6 Å². The van der Waals surface area contributed by atoms with E-state index in [1.165, 1.54) is 26.2 Å². The predicted octanol–water partition coefficient (Wildman–Crippen LogP) is 1.78. The van der Waals surface area contributed by atoms with Crippen molar-refractivity contribution in [2.24, 2.45) is 0 Å². The molecule has 1 unspecified atom stereocenters. The zero-order chi connectivity index (χ0) is 13.7. The summed E-state index contributed by atoms with van der Waals surface area (Å²) in [6.45, 7) is 13.5. The average Bonchev–Trinajstić information content (AvgIpc) is 2.92. The van der Waals surface area contributed by atoms with Crippen LogP contribution in [0.25, 0.3) is 0 Å². The van der Waals surface area contributed by atoms with Crippen LogP contribution in [0.5, 0.6) is 0 Å². The van der Waals surface area contributed by atoms with E-state index in [0.29, 0.717) is 12.1 Å². The van der Waals surface area contributed by atoms with Crippen LogP contribution in [0.4, 0.5) is 0 Å². The predicted molar refractivity (Wildman–Crippen MR) is 78.2 cm³/mol. The highest BCUT2D eigenvalue weighted by Crippen LogP contribution is 2.09. The molecule has 1 atom stereocenters. The van der Waals surface area contributed by atoms with Gasteiger partial charge in [-0.15, -0.1) is 0 Å². The molecule has 4 nitrogen and oxygen atoms in total. The van der Waals surface area contributed by atoms with Crippen molar-refractivity contribution >= 4 is 0 Å². The van der Waals surface area contributed by atoms with Crippen LogP contribution in [0.15, 0.2) is 22.8 Å². The van der Waals surface area contributed by atoms with Gasteiger partial charge in [0.25, 0.3) is 0 Å². The van der Waals surface area contributed by atoms with Gasteiger partial charge in [-0.1, -0.05) is 0 Å². The van der Waals surface area contributed by atoms with Crippen LogP contribution in [0.3, 0.4) is 0 Å². The molecule has 1 aromatic rings. The molecule has 0 spiro atoms. The van der Waals surface area contributed by atoms with Crippen LogP contribution in [0, 0.1) is 0 Å². The maximum Gasteiger partial charge on any atom is 0.117 e. The van der Waals surface area contributed by atoms with Gasteiger partial charge < -0.3 is 9.73 Å². The third kappa shape index (κ3) is 4.34. The molecule has 0 amide bonds. The molecule has 108 valence electrons. The van der Waals surface area contributed by atoms with E-state index < -0.39 is 0 Å². The summed E-state index contributed by atoms with van der Waals surface area (Å²) >= 11 is 0. The van der Waals surface area contributed by atoms with E-state index in [1.54, 1.807) is 6.26 Å². The monoisotopic (exact) mass is 265 g/mol. The fourth-order valence-electron chi connectivity index (χ4n) is 2.64. The van der Waals surface area contributed by atoms with Crippen molar-refractivity contribution in [1.82, 2.24) is 15.1 Å². The zero-order valence-corrected chi connectivity index (χ0v) is 12.4. The SMILES string of the molecule is CC(C)N1CCN(C(C)CNCc2ccco2)CC1. The Morgan fingerprint density at radius 2 is 1.84 bits per heavy atom. The minimum Gasteiger partial charge on any atom is -0.468 e.